The summed E-state index contributed by atoms with van der Waals surface area (Å²) < 4.78 is 0. The normalized spacial score (nSPS) is 12.0. The predicted molar refractivity (Wildman–Crippen MR) is 75.9 cm³/mol. The minimum atomic E-state index is -0.206. The van der Waals surface area contributed by atoms with Gasteiger partial charge in [0.05, 0.1) is 8.41 Å². The molecule has 0 saturated heterocycles. The first-order chi connectivity index (χ1) is 6.50. The van der Waals surface area contributed by atoms with E-state index in [1.807, 2.05) is 18.2 Å². The van der Waals surface area contributed by atoms with Gasteiger partial charge in [-0.2, -0.15) is 0 Å². The Morgan fingerprint density at radius 1 is 1.07 bits per heavy atom. The van der Waals surface area contributed by atoms with E-state index in [9.17, 15) is 0 Å². The minimum Gasteiger partial charge on any atom is -0.0710 e. The van der Waals surface area contributed by atoms with Crippen molar-refractivity contribution in [3.05, 3.63) is 35.9 Å². The van der Waals surface area contributed by atoms with Crippen molar-refractivity contribution in [3.63, 3.8) is 0 Å². The maximum atomic E-state index is 3.35. The van der Waals surface area contributed by atoms with Crippen LogP contribution in [0.4, 0.5) is 0 Å². The van der Waals surface area contributed by atoms with Gasteiger partial charge in [0, 0.05) is 5.56 Å². The van der Waals surface area contributed by atoms with Gasteiger partial charge < -0.3 is 0 Å². The van der Waals surface area contributed by atoms with E-state index in [0.29, 0.717) is 5.16 Å². The Kier molecular flexibility index (Phi) is 5.70. The molecule has 1 unspecified atom stereocenters. The fourth-order valence-corrected chi connectivity index (χ4v) is 1.47. The number of benzene rings is 1. The first kappa shape index (κ1) is 14.3. The van der Waals surface area contributed by atoms with Crippen molar-refractivity contribution in [1.82, 2.24) is 0 Å². The predicted octanol–water partition coefficient (Wildman–Crippen LogP) is 2.72. The van der Waals surface area contributed by atoms with Crippen LogP contribution in [0, 0.1) is 11.6 Å². The zero-order valence-corrected chi connectivity index (χ0v) is 10.2. The summed E-state index contributed by atoms with van der Waals surface area (Å²) >= 11 is 0. The molecule has 0 spiro atoms. The SMILES string of the molecule is B.CP(C#Cc1ccccc1)C(C)(C)C. The van der Waals surface area contributed by atoms with E-state index in [1.165, 1.54) is 0 Å². The van der Waals surface area contributed by atoms with Gasteiger partial charge >= 0.3 is 0 Å². The van der Waals surface area contributed by atoms with Crippen LogP contribution in [0.3, 0.4) is 0 Å². The van der Waals surface area contributed by atoms with E-state index in [4.69, 9.17) is 0 Å². The average molecular weight is 218 g/mol. The molecule has 0 bridgehead atoms. The molecule has 1 rings (SSSR count). The smallest absolute Gasteiger partial charge is 0.0710 e. The summed E-state index contributed by atoms with van der Waals surface area (Å²) in [5.74, 6) is 3.23. The fraction of sp³-hybridized carbons (Fsp3) is 0.385. The van der Waals surface area contributed by atoms with Crippen LogP contribution in [-0.2, 0) is 0 Å². The first-order valence-electron chi connectivity index (χ1n) is 4.81. The second kappa shape index (κ2) is 5.99. The summed E-state index contributed by atoms with van der Waals surface area (Å²) in [5, 5.41) is 0.330. The molecule has 0 N–H and O–H groups in total. The third-order valence-electron chi connectivity index (χ3n) is 2.15. The zero-order valence-electron chi connectivity index (χ0n) is 9.33. The highest BCUT2D eigenvalue weighted by atomic mass is 31.1. The Labute approximate surface area is 96.8 Å². The quantitative estimate of drug-likeness (QED) is 0.357. The highest BCUT2D eigenvalue weighted by molar-refractivity contribution is 7.63. The standard InChI is InChI=1S/C13H17P.BH3/c1-13(2,3)14(4)11-10-12-8-6-5-7-9-12;/h5-9H,1-4H3;1H3. The summed E-state index contributed by atoms with van der Waals surface area (Å²) in [4.78, 5) is 0. The second-order valence-electron chi connectivity index (χ2n) is 4.33. The van der Waals surface area contributed by atoms with Crippen LogP contribution in [0.2, 0.25) is 0 Å². The molecule has 15 heavy (non-hydrogen) atoms. The van der Waals surface area contributed by atoms with E-state index in [1.54, 1.807) is 0 Å². The van der Waals surface area contributed by atoms with Crippen molar-refractivity contribution >= 4 is 16.3 Å². The maximum Gasteiger partial charge on any atom is 0.0814 e. The molecule has 1 atom stereocenters. The first-order valence-corrected chi connectivity index (χ1v) is 6.59. The molecule has 0 nitrogen and oxygen atoms in total. The van der Waals surface area contributed by atoms with Crippen molar-refractivity contribution in [2.45, 2.75) is 25.9 Å². The topological polar surface area (TPSA) is 0 Å². The van der Waals surface area contributed by atoms with Gasteiger partial charge in [-0.15, -0.1) is 0 Å². The summed E-state index contributed by atoms with van der Waals surface area (Å²) in [6.07, 6.45) is 0. The van der Waals surface area contributed by atoms with Crippen molar-refractivity contribution in [2.24, 2.45) is 0 Å². The monoisotopic (exact) mass is 218 g/mol. The summed E-state index contributed by atoms with van der Waals surface area (Å²) in [5.41, 5.74) is 4.47. The lowest BCUT2D eigenvalue weighted by molar-refractivity contribution is 0.791. The van der Waals surface area contributed by atoms with Crippen LogP contribution in [0.5, 0.6) is 0 Å². The van der Waals surface area contributed by atoms with E-state index < -0.39 is 0 Å². The van der Waals surface area contributed by atoms with E-state index in [0.717, 1.165) is 5.56 Å². The minimum absolute atomic E-state index is 0. The molecule has 0 aliphatic carbocycles. The van der Waals surface area contributed by atoms with Crippen molar-refractivity contribution in [1.29, 1.82) is 0 Å². The lowest BCUT2D eigenvalue weighted by Gasteiger charge is -2.22. The Balaban J connectivity index is 0.00000196. The van der Waals surface area contributed by atoms with Gasteiger partial charge in [-0.05, 0) is 31.9 Å². The van der Waals surface area contributed by atoms with Gasteiger partial charge in [-0.1, -0.05) is 50.6 Å². The molecule has 1 aromatic carbocycles. The maximum absolute atomic E-state index is 3.35. The highest BCUT2D eigenvalue weighted by Gasteiger charge is 2.16. The molecule has 0 fully saturated rings. The van der Waals surface area contributed by atoms with Gasteiger partial charge in [0.1, 0.15) is 0 Å². The summed E-state index contributed by atoms with van der Waals surface area (Å²) in [6, 6.07) is 10.2. The van der Waals surface area contributed by atoms with E-state index in [-0.39, 0.29) is 16.3 Å². The van der Waals surface area contributed by atoms with Crippen molar-refractivity contribution in [2.75, 3.05) is 6.66 Å². The molecule has 0 aromatic heterocycles. The highest BCUT2D eigenvalue weighted by Crippen LogP contribution is 2.44. The molecule has 2 heteroatoms. The lowest BCUT2D eigenvalue weighted by atomic mass is 10.2. The van der Waals surface area contributed by atoms with E-state index >= 15 is 0 Å². The third kappa shape index (κ3) is 5.05. The van der Waals surface area contributed by atoms with Crippen molar-refractivity contribution in [3.8, 4) is 11.6 Å². The molecular formula is C13H20BP. The molecule has 0 radical (unpaired) electrons. The van der Waals surface area contributed by atoms with Crippen LogP contribution >= 0.6 is 7.92 Å². The van der Waals surface area contributed by atoms with Crippen LogP contribution in [-0.4, -0.2) is 20.2 Å². The van der Waals surface area contributed by atoms with Crippen LogP contribution in [0.15, 0.2) is 30.3 Å². The third-order valence-corrected chi connectivity index (χ3v) is 4.61. The van der Waals surface area contributed by atoms with Crippen LogP contribution in [0.1, 0.15) is 26.3 Å². The van der Waals surface area contributed by atoms with Crippen LogP contribution < -0.4 is 0 Å². The van der Waals surface area contributed by atoms with Gasteiger partial charge in [-0.25, -0.2) is 0 Å². The van der Waals surface area contributed by atoms with E-state index in [2.05, 4.69) is 51.2 Å². The summed E-state index contributed by atoms with van der Waals surface area (Å²) in [6.45, 7) is 8.99. The Hall–Kier alpha value is -0.725. The van der Waals surface area contributed by atoms with Crippen molar-refractivity contribution < 1.29 is 0 Å². The molecule has 80 valence electrons. The zero-order chi connectivity index (χ0) is 10.6. The summed E-state index contributed by atoms with van der Waals surface area (Å²) in [7, 11) is -0.206. The Bertz CT molecular complexity index is 340. The van der Waals surface area contributed by atoms with Gasteiger partial charge in [0.25, 0.3) is 0 Å². The Morgan fingerprint density at radius 3 is 2.07 bits per heavy atom. The fourth-order valence-electron chi connectivity index (χ4n) is 0.838. The van der Waals surface area contributed by atoms with Gasteiger partial charge in [0.15, 0.2) is 0 Å². The average Bonchev–Trinajstić information content (AvgIpc) is 2.14. The lowest BCUT2D eigenvalue weighted by Crippen LogP contribution is -2.08. The largest absolute Gasteiger partial charge is 0.0814 e. The molecule has 0 amide bonds. The molecular weight excluding hydrogens is 198 g/mol. The number of hydrogen-bond acceptors (Lipinski definition) is 0. The van der Waals surface area contributed by atoms with Gasteiger partial charge in [-0.3, -0.25) is 0 Å². The van der Waals surface area contributed by atoms with Gasteiger partial charge in [0.2, 0.25) is 0 Å². The molecule has 0 aliphatic heterocycles. The Morgan fingerprint density at radius 2 is 1.60 bits per heavy atom. The molecule has 0 heterocycles. The molecule has 0 aliphatic rings. The van der Waals surface area contributed by atoms with Crippen LogP contribution in [0.25, 0.3) is 0 Å². The number of hydrogen-bond donors (Lipinski definition) is 0. The molecule has 0 saturated carbocycles. The second-order valence-corrected chi connectivity index (χ2v) is 7.02. The molecule has 1 aromatic rings. The number of rotatable bonds is 0.